The van der Waals surface area contributed by atoms with Crippen LogP contribution in [0, 0.1) is 12.8 Å². The molecule has 0 saturated heterocycles. The number of rotatable bonds is 6. The summed E-state index contributed by atoms with van der Waals surface area (Å²) < 4.78 is 7.05. The Hall–Kier alpha value is -3.12. The number of hydrogen-bond acceptors (Lipinski definition) is 4. The van der Waals surface area contributed by atoms with Crippen LogP contribution in [0.5, 0.6) is 0 Å². The van der Waals surface area contributed by atoms with E-state index in [1.165, 1.54) is 0 Å². The van der Waals surface area contributed by atoms with Gasteiger partial charge >= 0.3 is 5.97 Å². The molecule has 1 aromatic heterocycles. The lowest BCUT2D eigenvalue weighted by Crippen LogP contribution is -2.13. The van der Waals surface area contributed by atoms with Crippen LogP contribution < -0.4 is 5.32 Å². The molecule has 0 aliphatic heterocycles. The summed E-state index contributed by atoms with van der Waals surface area (Å²) in [5, 5.41) is 7.70. The summed E-state index contributed by atoms with van der Waals surface area (Å²) in [6.07, 6.45) is 1.89. The van der Waals surface area contributed by atoms with Gasteiger partial charge in [0, 0.05) is 17.2 Å². The van der Waals surface area contributed by atoms with Crippen LogP contribution >= 0.6 is 11.6 Å². The van der Waals surface area contributed by atoms with E-state index in [0.29, 0.717) is 27.7 Å². The SMILES string of the molecule is Cc1nn(-c2ccccc2)c(Cl)c1COC(=O)c1ccc(NC(=O)C2CC2)cc1. The van der Waals surface area contributed by atoms with Crippen molar-refractivity contribution >= 4 is 29.2 Å². The highest BCUT2D eigenvalue weighted by Crippen LogP contribution is 2.30. The van der Waals surface area contributed by atoms with Gasteiger partial charge in [-0.3, -0.25) is 4.79 Å². The van der Waals surface area contributed by atoms with Gasteiger partial charge in [-0.25, -0.2) is 9.48 Å². The second-order valence-electron chi connectivity index (χ2n) is 7.02. The first-order chi connectivity index (χ1) is 14.0. The van der Waals surface area contributed by atoms with E-state index in [0.717, 1.165) is 18.5 Å². The minimum Gasteiger partial charge on any atom is -0.457 e. The first kappa shape index (κ1) is 19.2. The van der Waals surface area contributed by atoms with Gasteiger partial charge in [0.25, 0.3) is 0 Å². The number of aryl methyl sites for hydroxylation is 1. The number of hydrogen-bond donors (Lipinski definition) is 1. The molecule has 148 valence electrons. The molecule has 1 amide bonds. The number of halogens is 1. The Labute approximate surface area is 173 Å². The fraction of sp³-hybridized carbons (Fsp3) is 0.227. The van der Waals surface area contributed by atoms with Crippen molar-refractivity contribution in [3.63, 3.8) is 0 Å². The predicted octanol–water partition coefficient (Wildman–Crippen LogP) is 4.54. The van der Waals surface area contributed by atoms with Gasteiger partial charge in [-0.05, 0) is 56.2 Å². The molecular formula is C22H20ClN3O3. The van der Waals surface area contributed by atoms with Crippen molar-refractivity contribution < 1.29 is 14.3 Å². The number of anilines is 1. The van der Waals surface area contributed by atoms with Crippen LogP contribution in [0.4, 0.5) is 5.69 Å². The van der Waals surface area contributed by atoms with Gasteiger partial charge in [0.15, 0.2) is 0 Å². The second kappa shape index (κ2) is 8.09. The van der Waals surface area contributed by atoms with E-state index in [1.54, 1.807) is 28.9 Å². The second-order valence-corrected chi connectivity index (χ2v) is 7.38. The molecule has 1 heterocycles. The highest BCUT2D eigenvalue weighted by molar-refractivity contribution is 6.30. The van der Waals surface area contributed by atoms with Gasteiger partial charge in [-0.2, -0.15) is 5.10 Å². The molecule has 0 bridgehead atoms. The first-order valence-electron chi connectivity index (χ1n) is 9.40. The van der Waals surface area contributed by atoms with E-state index in [-0.39, 0.29) is 18.4 Å². The molecular weight excluding hydrogens is 390 g/mol. The Morgan fingerprint density at radius 1 is 1.14 bits per heavy atom. The van der Waals surface area contributed by atoms with Crippen molar-refractivity contribution in [3.8, 4) is 5.69 Å². The highest BCUT2D eigenvalue weighted by atomic mass is 35.5. The minimum atomic E-state index is -0.465. The number of nitrogens with zero attached hydrogens (tertiary/aromatic N) is 2. The molecule has 1 N–H and O–H groups in total. The first-order valence-corrected chi connectivity index (χ1v) is 9.78. The lowest BCUT2D eigenvalue weighted by Gasteiger charge is -2.07. The quantitative estimate of drug-likeness (QED) is 0.606. The topological polar surface area (TPSA) is 73.2 Å². The third kappa shape index (κ3) is 4.32. The Morgan fingerprint density at radius 3 is 2.48 bits per heavy atom. The highest BCUT2D eigenvalue weighted by Gasteiger charge is 2.29. The molecule has 1 saturated carbocycles. The molecule has 3 aromatic rings. The van der Waals surface area contributed by atoms with Crippen LogP contribution in [-0.2, 0) is 16.1 Å². The largest absolute Gasteiger partial charge is 0.457 e. The van der Waals surface area contributed by atoms with Crippen LogP contribution in [0.3, 0.4) is 0 Å². The summed E-state index contributed by atoms with van der Waals surface area (Å²) in [4.78, 5) is 24.2. The molecule has 6 nitrogen and oxygen atoms in total. The maximum Gasteiger partial charge on any atom is 0.338 e. The zero-order chi connectivity index (χ0) is 20.4. The van der Waals surface area contributed by atoms with Crippen molar-refractivity contribution in [2.24, 2.45) is 5.92 Å². The van der Waals surface area contributed by atoms with Crippen molar-refractivity contribution in [3.05, 3.63) is 76.6 Å². The van der Waals surface area contributed by atoms with Crippen molar-refractivity contribution in [1.82, 2.24) is 9.78 Å². The summed E-state index contributed by atoms with van der Waals surface area (Å²) in [7, 11) is 0. The smallest absolute Gasteiger partial charge is 0.338 e. The molecule has 0 radical (unpaired) electrons. The van der Waals surface area contributed by atoms with Gasteiger partial charge in [0.2, 0.25) is 5.91 Å². The maximum atomic E-state index is 12.4. The lowest BCUT2D eigenvalue weighted by molar-refractivity contribution is -0.117. The zero-order valence-corrected chi connectivity index (χ0v) is 16.6. The van der Waals surface area contributed by atoms with Gasteiger partial charge < -0.3 is 10.1 Å². The monoisotopic (exact) mass is 409 g/mol. The van der Waals surface area contributed by atoms with E-state index in [9.17, 15) is 9.59 Å². The maximum absolute atomic E-state index is 12.4. The molecule has 1 aliphatic rings. The predicted molar refractivity (Wildman–Crippen MR) is 110 cm³/mol. The number of esters is 1. The molecule has 0 spiro atoms. The molecule has 0 unspecified atom stereocenters. The summed E-state index contributed by atoms with van der Waals surface area (Å²) in [5.41, 5.74) is 3.27. The number of aromatic nitrogens is 2. The zero-order valence-electron chi connectivity index (χ0n) is 15.9. The van der Waals surface area contributed by atoms with Crippen molar-refractivity contribution in [2.45, 2.75) is 26.4 Å². The number of amides is 1. The van der Waals surface area contributed by atoms with E-state index < -0.39 is 5.97 Å². The summed E-state index contributed by atoms with van der Waals surface area (Å²) in [5.74, 6) is -0.307. The Bertz CT molecular complexity index is 1040. The normalized spacial score (nSPS) is 13.2. The lowest BCUT2D eigenvalue weighted by atomic mass is 10.2. The fourth-order valence-corrected chi connectivity index (χ4v) is 3.26. The average molecular weight is 410 g/mol. The van der Waals surface area contributed by atoms with Crippen LogP contribution in [-0.4, -0.2) is 21.7 Å². The molecule has 29 heavy (non-hydrogen) atoms. The van der Waals surface area contributed by atoms with Crippen molar-refractivity contribution in [2.75, 3.05) is 5.32 Å². The number of carbonyl (C=O) groups is 2. The molecule has 4 rings (SSSR count). The summed E-state index contributed by atoms with van der Waals surface area (Å²) >= 11 is 6.46. The Kier molecular flexibility index (Phi) is 5.36. The molecule has 1 aliphatic carbocycles. The number of benzene rings is 2. The van der Waals surface area contributed by atoms with Gasteiger partial charge in [0.05, 0.1) is 16.9 Å². The minimum absolute atomic E-state index is 0.0243. The third-order valence-electron chi connectivity index (χ3n) is 4.81. The van der Waals surface area contributed by atoms with Gasteiger partial charge in [-0.1, -0.05) is 29.8 Å². The molecule has 1 fully saturated rings. The molecule has 0 atom stereocenters. The fourth-order valence-electron chi connectivity index (χ4n) is 2.94. The number of ether oxygens (including phenoxy) is 1. The number of nitrogens with one attached hydrogen (secondary N) is 1. The van der Waals surface area contributed by atoms with Crippen LogP contribution in [0.25, 0.3) is 5.69 Å². The third-order valence-corrected chi connectivity index (χ3v) is 5.19. The Morgan fingerprint density at radius 2 is 1.83 bits per heavy atom. The van der Waals surface area contributed by atoms with E-state index in [1.807, 2.05) is 37.3 Å². The van der Waals surface area contributed by atoms with Crippen molar-refractivity contribution in [1.29, 1.82) is 0 Å². The molecule has 2 aromatic carbocycles. The summed E-state index contributed by atoms with van der Waals surface area (Å²) in [6.45, 7) is 1.85. The average Bonchev–Trinajstić information content (AvgIpc) is 3.54. The van der Waals surface area contributed by atoms with Crippen LogP contribution in [0.1, 0.15) is 34.5 Å². The van der Waals surface area contributed by atoms with Crippen LogP contribution in [0.15, 0.2) is 54.6 Å². The number of carbonyl (C=O) groups excluding carboxylic acids is 2. The number of para-hydroxylation sites is 1. The van der Waals surface area contributed by atoms with Crippen LogP contribution in [0.2, 0.25) is 5.15 Å². The molecule has 7 heteroatoms. The van der Waals surface area contributed by atoms with Gasteiger partial charge in [-0.15, -0.1) is 0 Å². The summed E-state index contributed by atoms with van der Waals surface area (Å²) in [6, 6.07) is 16.2. The van der Waals surface area contributed by atoms with E-state index >= 15 is 0 Å². The van der Waals surface area contributed by atoms with E-state index in [4.69, 9.17) is 16.3 Å². The standard InChI is InChI=1S/C22H20ClN3O3/c1-14-19(20(23)26(25-14)18-5-3-2-4-6-18)13-29-22(28)16-9-11-17(12-10-16)24-21(27)15-7-8-15/h2-6,9-12,15H,7-8,13H2,1H3,(H,24,27). The van der Waals surface area contributed by atoms with E-state index in [2.05, 4.69) is 10.4 Å². The Balaban J connectivity index is 1.40. The van der Waals surface area contributed by atoms with Gasteiger partial charge in [0.1, 0.15) is 11.8 Å².